The molecule has 0 aliphatic heterocycles. The van der Waals surface area contributed by atoms with E-state index in [1.54, 1.807) is 6.26 Å². The summed E-state index contributed by atoms with van der Waals surface area (Å²) in [4.78, 5) is 2.42. The summed E-state index contributed by atoms with van der Waals surface area (Å²) in [6.45, 7) is 0.626. The second-order valence-electron chi connectivity index (χ2n) is 5.08. The van der Waals surface area contributed by atoms with Gasteiger partial charge in [0.25, 0.3) is 0 Å². The highest BCUT2D eigenvalue weighted by atomic mass is 16.3. The molecule has 2 N–H and O–H groups in total. The molecule has 0 aromatic carbocycles. The maximum absolute atomic E-state index is 5.91. The molecule has 0 saturated heterocycles. The largest absolute Gasteiger partial charge is 0.468 e. The van der Waals surface area contributed by atoms with Gasteiger partial charge in [-0.2, -0.15) is 0 Å². The fourth-order valence-corrected chi connectivity index (χ4v) is 2.88. The van der Waals surface area contributed by atoms with Crippen LogP contribution < -0.4 is 5.73 Å². The summed E-state index contributed by atoms with van der Waals surface area (Å²) in [7, 11) is 2.19. The Hall–Kier alpha value is -0.800. The van der Waals surface area contributed by atoms with E-state index in [0.29, 0.717) is 12.6 Å². The van der Waals surface area contributed by atoms with Crippen LogP contribution in [0.5, 0.6) is 0 Å². The summed E-state index contributed by atoms with van der Waals surface area (Å²) >= 11 is 0. The zero-order chi connectivity index (χ0) is 12.1. The van der Waals surface area contributed by atoms with Gasteiger partial charge in [-0.25, -0.2) is 0 Å². The first-order chi connectivity index (χ1) is 8.33. The van der Waals surface area contributed by atoms with Gasteiger partial charge in [0.2, 0.25) is 0 Å². The zero-order valence-corrected chi connectivity index (χ0v) is 10.8. The van der Waals surface area contributed by atoms with Crippen LogP contribution in [0.25, 0.3) is 0 Å². The summed E-state index contributed by atoms with van der Waals surface area (Å²) in [6, 6.07) is 4.87. The van der Waals surface area contributed by atoms with Crippen LogP contribution in [0.1, 0.15) is 50.3 Å². The summed E-state index contributed by atoms with van der Waals surface area (Å²) in [6.07, 6.45) is 9.81. The highest BCUT2D eigenvalue weighted by molar-refractivity contribution is 5.05. The Morgan fingerprint density at radius 2 is 2.06 bits per heavy atom. The molecule has 1 atom stereocenters. The molecule has 17 heavy (non-hydrogen) atoms. The number of nitrogens with two attached hydrogens (primary N) is 1. The van der Waals surface area contributed by atoms with Crippen LogP contribution in [0, 0.1) is 0 Å². The van der Waals surface area contributed by atoms with E-state index in [1.165, 1.54) is 38.5 Å². The van der Waals surface area contributed by atoms with E-state index in [1.807, 2.05) is 12.1 Å². The van der Waals surface area contributed by atoms with E-state index < -0.39 is 0 Å². The monoisotopic (exact) mass is 236 g/mol. The zero-order valence-electron chi connectivity index (χ0n) is 10.8. The van der Waals surface area contributed by atoms with Gasteiger partial charge in [-0.15, -0.1) is 0 Å². The van der Waals surface area contributed by atoms with Crippen LogP contribution in [0.3, 0.4) is 0 Å². The van der Waals surface area contributed by atoms with Crippen molar-refractivity contribution in [2.45, 2.75) is 50.6 Å². The summed E-state index contributed by atoms with van der Waals surface area (Å²) in [5, 5.41) is 0. The second kappa shape index (κ2) is 6.22. The van der Waals surface area contributed by atoms with Gasteiger partial charge in [-0.05, 0) is 32.0 Å². The summed E-state index contributed by atoms with van der Waals surface area (Å²) in [5.74, 6) is 0.999. The smallest absolute Gasteiger partial charge is 0.122 e. The standard InChI is InChI=1S/C14H24N2O/c1-16(12-7-4-2-3-5-8-12)13(11-15)14-9-6-10-17-14/h6,9-10,12-13H,2-5,7-8,11,15H2,1H3. The first-order valence-electron chi connectivity index (χ1n) is 6.78. The second-order valence-corrected chi connectivity index (χ2v) is 5.08. The van der Waals surface area contributed by atoms with Crippen LogP contribution in [-0.2, 0) is 0 Å². The molecule has 1 aliphatic rings. The molecule has 1 heterocycles. The molecule has 1 fully saturated rings. The molecule has 0 bridgehead atoms. The highest BCUT2D eigenvalue weighted by Gasteiger charge is 2.25. The highest BCUT2D eigenvalue weighted by Crippen LogP contribution is 2.27. The van der Waals surface area contributed by atoms with Crippen molar-refractivity contribution in [3.63, 3.8) is 0 Å². The molecule has 0 amide bonds. The lowest BCUT2D eigenvalue weighted by atomic mass is 10.0. The van der Waals surface area contributed by atoms with Gasteiger partial charge in [0, 0.05) is 12.6 Å². The van der Waals surface area contributed by atoms with Crippen molar-refractivity contribution in [2.75, 3.05) is 13.6 Å². The lowest BCUT2D eigenvalue weighted by Gasteiger charge is -2.33. The number of furan rings is 1. The molecule has 3 heteroatoms. The van der Waals surface area contributed by atoms with Gasteiger partial charge in [0.05, 0.1) is 12.3 Å². The minimum atomic E-state index is 0.230. The van der Waals surface area contributed by atoms with Crippen molar-refractivity contribution < 1.29 is 4.42 Å². The molecule has 1 unspecified atom stereocenters. The van der Waals surface area contributed by atoms with Gasteiger partial charge < -0.3 is 10.2 Å². The van der Waals surface area contributed by atoms with Crippen LogP contribution in [0.2, 0.25) is 0 Å². The summed E-state index contributed by atoms with van der Waals surface area (Å²) in [5.41, 5.74) is 5.91. The summed E-state index contributed by atoms with van der Waals surface area (Å²) < 4.78 is 5.51. The number of hydrogen-bond donors (Lipinski definition) is 1. The molecular weight excluding hydrogens is 212 g/mol. The molecule has 3 nitrogen and oxygen atoms in total. The Labute approximate surface area is 104 Å². The third kappa shape index (κ3) is 3.11. The van der Waals surface area contributed by atoms with Crippen molar-refractivity contribution in [1.82, 2.24) is 4.90 Å². The SMILES string of the molecule is CN(C1CCCCCC1)C(CN)c1ccco1. The van der Waals surface area contributed by atoms with Crippen molar-refractivity contribution in [3.05, 3.63) is 24.2 Å². The predicted octanol–water partition coefficient (Wildman–Crippen LogP) is 2.93. The minimum Gasteiger partial charge on any atom is -0.468 e. The first kappa shape index (κ1) is 12.7. The van der Waals surface area contributed by atoms with Crippen molar-refractivity contribution in [1.29, 1.82) is 0 Å². The molecule has 96 valence electrons. The van der Waals surface area contributed by atoms with E-state index in [9.17, 15) is 0 Å². The average molecular weight is 236 g/mol. The van der Waals surface area contributed by atoms with E-state index in [0.717, 1.165) is 5.76 Å². The molecule has 1 saturated carbocycles. The number of hydrogen-bond acceptors (Lipinski definition) is 3. The number of rotatable bonds is 4. The van der Waals surface area contributed by atoms with E-state index in [-0.39, 0.29) is 6.04 Å². The van der Waals surface area contributed by atoms with Gasteiger partial charge >= 0.3 is 0 Å². The molecule has 1 aromatic heterocycles. The lowest BCUT2D eigenvalue weighted by Crippen LogP contribution is -2.38. The van der Waals surface area contributed by atoms with Crippen molar-refractivity contribution >= 4 is 0 Å². The minimum absolute atomic E-state index is 0.230. The van der Waals surface area contributed by atoms with Gasteiger partial charge in [0.15, 0.2) is 0 Å². The Morgan fingerprint density at radius 3 is 2.59 bits per heavy atom. The van der Waals surface area contributed by atoms with E-state index >= 15 is 0 Å². The molecular formula is C14H24N2O. The number of likely N-dealkylation sites (N-methyl/N-ethyl adjacent to an activating group) is 1. The van der Waals surface area contributed by atoms with Gasteiger partial charge in [-0.1, -0.05) is 25.7 Å². The maximum Gasteiger partial charge on any atom is 0.122 e. The normalized spacial score (nSPS) is 20.4. The third-order valence-corrected chi connectivity index (χ3v) is 3.99. The Morgan fingerprint density at radius 1 is 1.35 bits per heavy atom. The van der Waals surface area contributed by atoms with Crippen LogP contribution >= 0.6 is 0 Å². The van der Waals surface area contributed by atoms with Crippen molar-refractivity contribution in [2.24, 2.45) is 5.73 Å². The average Bonchev–Trinajstić information content (AvgIpc) is 2.72. The molecule has 0 radical (unpaired) electrons. The molecule has 0 spiro atoms. The molecule has 1 aromatic rings. The third-order valence-electron chi connectivity index (χ3n) is 3.99. The van der Waals surface area contributed by atoms with E-state index in [2.05, 4.69) is 11.9 Å². The first-order valence-corrected chi connectivity index (χ1v) is 6.78. The fourth-order valence-electron chi connectivity index (χ4n) is 2.88. The Balaban J connectivity index is 2.03. The topological polar surface area (TPSA) is 42.4 Å². The Bertz CT molecular complexity index is 302. The molecule has 1 aliphatic carbocycles. The fraction of sp³-hybridized carbons (Fsp3) is 0.714. The van der Waals surface area contributed by atoms with Gasteiger partial charge in [-0.3, -0.25) is 4.90 Å². The molecule has 2 rings (SSSR count). The van der Waals surface area contributed by atoms with Crippen LogP contribution in [0.4, 0.5) is 0 Å². The van der Waals surface area contributed by atoms with Crippen molar-refractivity contribution in [3.8, 4) is 0 Å². The van der Waals surface area contributed by atoms with Gasteiger partial charge in [0.1, 0.15) is 5.76 Å². The lowest BCUT2D eigenvalue weighted by molar-refractivity contribution is 0.144. The van der Waals surface area contributed by atoms with E-state index in [4.69, 9.17) is 10.2 Å². The quantitative estimate of drug-likeness (QED) is 0.817. The van der Waals surface area contributed by atoms with Crippen LogP contribution in [0.15, 0.2) is 22.8 Å². The number of nitrogens with zero attached hydrogens (tertiary/aromatic N) is 1. The van der Waals surface area contributed by atoms with Crippen LogP contribution in [-0.4, -0.2) is 24.5 Å². The maximum atomic E-state index is 5.91. The predicted molar refractivity (Wildman–Crippen MR) is 69.8 cm³/mol. The Kier molecular flexibility index (Phi) is 4.63.